The molecule has 0 fully saturated rings. The average Bonchev–Trinajstić information content (AvgIpc) is 3.43. The SMILES string of the molecule is COc1cccc2cc(C(=O)Nc3c4c(nn3-c3ccc(F)cc3)CSC4)oc12. The molecule has 8 heteroatoms. The van der Waals surface area contributed by atoms with Gasteiger partial charge in [0.1, 0.15) is 11.6 Å². The number of furan rings is 1. The van der Waals surface area contributed by atoms with Crippen LogP contribution in [0.25, 0.3) is 16.7 Å². The van der Waals surface area contributed by atoms with E-state index < -0.39 is 0 Å². The number of anilines is 1. The zero-order chi connectivity index (χ0) is 20.0. The number of fused-ring (bicyclic) bond motifs is 2. The Labute approximate surface area is 169 Å². The first-order valence-corrected chi connectivity index (χ1v) is 10.1. The Balaban J connectivity index is 1.53. The summed E-state index contributed by atoms with van der Waals surface area (Å²) < 4.78 is 26.0. The number of ether oxygens (including phenoxy) is 1. The highest BCUT2D eigenvalue weighted by Gasteiger charge is 2.26. The standard InChI is InChI=1S/C21H16FN3O3S/c1-27-17-4-2-3-12-9-18(28-19(12)17)21(26)23-20-15-10-29-11-16(15)24-25(20)14-7-5-13(22)6-8-14/h2-9H,10-11H2,1H3,(H,23,26). The lowest BCUT2D eigenvalue weighted by Crippen LogP contribution is -2.15. The summed E-state index contributed by atoms with van der Waals surface area (Å²) in [6, 6.07) is 13.2. The van der Waals surface area contributed by atoms with Gasteiger partial charge in [0, 0.05) is 22.5 Å². The summed E-state index contributed by atoms with van der Waals surface area (Å²) in [6.45, 7) is 0. The van der Waals surface area contributed by atoms with E-state index in [1.54, 1.807) is 47.8 Å². The van der Waals surface area contributed by atoms with E-state index in [0.29, 0.717) is 22.8 Å². The molecular formula is C21H16FN3O3S. The van der Waals surface area contributed by atoms with Crippen molar-refractivity contribution in [1.82, 2.24) is 9.78 Å². The average molecular weight is 409 g/mol. The highest BCUT2D eigenvalue weighted by Crippen LogP contribution is 2.36. The largest absolute Gasteiger partial charge is 0.493 e. The molecule has 1 aliphatic heterocycles. The molecule has 0 unspecified atom stereocenters. The van der Waals surface area contributed by atoms with Crippen molar-refractivity contribution >= 4 is 34.5 Å². The van der Waals surface area contributed by atoms with Crippen LogP contribution in [0.2, 0.25) is 0 Å². The van der Waals surface area contributed by atoms with Crippen molar-refractivity contribution in [3.05, 3.63) is 71.4 Å². The Morgan fingerprint density at radius 2 is 2.07 bits per heavy atom. The van der Waals surface area contributed by atoms with E-state index in [4.69, 9.17) is 9.15 Å². The second-order valence-corrected chi connectivity index (χ2v) is 7.58. The first-order valence-electron chi connectivity index (χ1n) is 8.96. The maximum absolute atomic E-state index is 13.3. The molecule has 2 aromatic carbocycles. The highest BCUT2D eigenvalue weighted by molar-refractivity contribution is 7.98. The van der Waals surface area contributed by atoms with Crippen LogP contribution in [0.15, 0.2) is 52.9 Å². The van der Waals surface area contributed by atoms with Crippen molar-refractivity contribution in [2.24, 2.45) is 0 Å². The summed E-state index contributed by atoms with van der Waals surface area (Å²) in [5.41, 5.74) is 3.09. The number of aromatic nitrogens is 2. The molecule has 6 nitrogen and oxygen atoms in total. The minimum absolute atomic E-state index is 0.177. The summed E-state index contributed by atoms with van der Waals surface area (Å²) in [5.74, 6) is 2.13. The fraction of sp³-hybridized carbons (Fsp3) is 0.143. The van der Waals surface area contributed by atoms with Crippen LogP contribution < -0.4 is 10.1 Å². The van der Waals surface area contributed by atoms with Crippen LogP contribution in [0, 0.1) is 5.82 Å². The topological polar surface area (TPSA) is 69.3 Å². The van der Waals surface area contributed by atoms with Gasteiger partial charge in [-0.15, -0.1) is 0 Å². The van der Waals surface area contributed by atoms with Crippen molar-refractivity contribution in [2.45, 2.75) is 11.5 Å². The molecule has 1 aliphatic rings. The van der Waals surface area contributed by atoms with Gasteiger partial charge in [0.25, 0.3) is 5.91 Å². The Bertz CT molecular complexity index is 1230. The smallest absolute Gasteiger partial charge is 0.292 e. The number of methoxy groups -OCH3 is 1. The zero-order valence-corrected chi connectivity index (χ0v) is 16.3. The molecule has 0 saturated heterocycles. The molecule has 5 rings (SSSR count). The number of carbonyl (C=O) groups excluding carboxylic acids is 1. The van der Waals surface area contributed by atoms with Gasteiger partial charge in [-0.05, 0) is 36.4 Å². The first kappa shape index (κ1) is 17.8. The van der Waals surface area contributed by atoms with Crippen molar-refractivity contribution in [1.29, 1.82) is 0 Å². The lowest BCUT2D eigenvalue weighted by molar-refractivity contribution is 0.0997. The maximum Gasteiger partial charge on any atom is 0.292 e. The number of hydrogen-bond acceptors (Lipinski definition) is 5. The van der Waals surface area contributed by atoms with Gasteiger partial charge in [0.2, 0.25) is 0 Å². The summed E-state index contributed by atoms with van der Waals surface area (Å²) >= 11 is 1.73. The molecule has 0 spiro atoms. The predicted octanol–water partition coefficient (Wildman–Crippen LogP) is 4.77. The number of nitrogens with zero attached hydrogens (tertiary/aromatic N) is 2. The van der Waals surface area contributed by atoms with E-state index in [1.165, 1.54) is 12.1 Å². The third-order valence-corrected chi connectivity index (χ3v) is 5.78. The lowest BCUT2D eigenvalue weighted by atomic mass is 10.2. The Morgan fingerprint density at radius 1 is 1.24 bits per heavy atom. The van der Waals surface area contributed by atoms with Gasteiger partial charge < -0.3 is 14.5 Å². The number of halogens is 1. The first-order chi connectivity index (χ1) is 14.1. The number of thioether (sulfide) groups is 1. The van der Waals surface area contributed by atoms with Crippen LogP contribution >= 0.6 is 11.8 Å². The number of carbonyl (C=O) groups is 1. The quantitative estimate of drug-likeness (QED) is 0.526. The second-order valence-electron chi connectivity index (χ2n) is 6.60. The van der Waals surface area contributed by atoms with Crippen LogP contribution in [-0.4, -0.2) is 22.8 Å². The van der Waals surface area contributed by atoms with Crippen LogP contribution in [0.4, 0.5) is 10.2 Å². The second kappa shape index (κ2) is 6.97. The molecule has 1 amide bonds. The van der Waals surface area contributed by atoms with Crippen molar-refractivity contribution in [2.75, 3.05) is 12.4 Å². The third-order valence-electron chi connectivity index (χ3n) is 4.81. The summed E-state index contributed by atoms with van der Waals surface area (Å²) in [5, 5.41) is 8.33. The molecule has 29 heavy (non-hydrogen) atoms. The molecule has 4 aromatic rings. The monoisotopic (exact) mass is 409 g/mol. The van der Waals surface area contributed by atoms with E-state index in [9.17, 15) is 9.18 Å². The minimum atomic E-state index is -0.383. The Hall–Kier alpha value is -3.26. The van der Waals surface area contributed by atoms with Gasteiger partial charge in [0.15, 0.2) is 17.1 Å². The fourth-order valence-corrected chi connectivity index (χ4v) is 4.42. The lowest BCUT2D eigenvalue weighted by Gasteiger charge is -2.10. The van der Waals surface area contributed by atoms with E-state index in [2.05, 4.69) is 10.4 Å². The van der Waals surface area contributed by atoms with Crippen LogP contribution in [0.1, 0.15) is 21.8 Å². The van der Waals surface area contributed by atoms with E-state index in [-0.39, 0.29) is 17.5 Å². The van der Waals surface area contributed by atoms with Gasteiger partial charge in [-0.3, -0.25) is 4.79 Å². The number of amides is 1. The van der Waals surface area contributed by atoms with Gasteiger partial charge >= 0.3 is 0 Å². The summed E-state index contributed by atoms with van der Waals surface area (Å²) in [6.07, 6.45) is 0. The summed E-state index contributed by atoms with van der Waals surface area (Å²) in [4.78, 5) is 13.0. The highest BCUT2D eigenvalue weighted by atomic mass is 32.2. The third kappa shape index (κ3) is 3.05. The zero-order valence-electron chi connectivity index (χ0n) is 15.4. The number of benzene rings is 2. The van der Waals surface area contributed by atoms with Gasteiger partial charge in [-0.2, -0.15) is 16.9 Å². The van der Waals surface area contributed by atoms with Crippen molar-refractivity contribution in [3.63, 3.8) is 0 Å². The number of rotatable bonds is 4. The molecular weight excluding hydrogens is 393 g/mol. The van der Waals surface area contributed by atoms with Crippen molar-refractivity contribution < 1.29 is 18.3 Å². The van der Waals surface area contributed by atoms with Gasteiger partial charge in [0.05, 0.1) is 18.5 Å². The van der Waals surface area contributed by atoms with E-state index >= 15 is 0 Å². The molecule has 0 bridgehead atoms. The maximum atomic E-state index is 13.3. The molecule has 0 aliphatic carbocycles. The van der Waals surface area contributed by atoms with Crippen molar-refractivity contribution in [3.8, 4) is 11.4 Å². The Morgan fingerprint density at radius 3 is 2.86 bits per heavy atom. The molecule has 0 atom stereocenters. The minimum Gasteiger partial charge on any atom is -0.493 e. The van der Waals surface area contributed by atoms with E-state index in [0.717, 1.165) is 28.1 Å². The fourth-order valence-electron chi connectivity index (χ4n) is 3.39. The summed E-state index contributed by atoms with van der Waals surface area (Å²) in [7, 11) is 1.55. The Kier molecular flexibility index (Phi) is 4.28. The van der Waals surface area contributed by atoms with Crippen LogP contribution in [-0.2, 0) is 11.5 Å². The number of nitrogens with one attached hydrogen (secondary N) is 1. The van der Waals surface area contributed by atoms with Gasteiger partial charge in [-0.1, -0.05) is 12.1 Å². The van der Waals surface area contributed by atoms with Crippen LogP contribution in [0.5, 0.6) is 5.75 Å². The predicted molar refractivity (Wildman–Crippen MR) is 109 cm³/mol. The molecule has 2 aromatic heterocycles. The normalized spacial score (nSPS) is 12.9. The molecule has 0 saturated carbocycles. The number of hydrogen-bond donors (Lipinski definition) is 1. The van der Waals surface area contributed by atoms with Gasteiger partial charge in [-0.25, -0.2) is 9.07 Å². The number of para-hydroxylation sites is 1. The molecule has 1 N–H and O–H groups in total. The van der Waals surface area contributed by atoms with Crippen LogP contribution in [0.3, 0.4) is 0 Å². The molecule has 146 valence electrons. The van der Waals surface area contributed by atoms with E-state index in [1.807, 2.05) is 12.1 Å². The molecule has 3 heterocycles. The molecule has 0 radical (unpaired) electrons.